The second-order valence-corrected chi connectivity index (χ2v) is 4.99. The predicted molar refractivity (Wildman–Crippen MR) is 74.9 cm³/mol. The van der Waals surface area contributed by atoms with Crippen LogP contribution in [0, 0.1) is 0 Å². The third kappa shape index (κ3) is 5.01. The van der Waals surface area contributed by atoms with Gasteiger partial charge in [0.2, 0.25) is 0 Å². The highest BCUT2D eigenvalue weighted by Gasteiger charge is 2.36. The van der Waals surface area contributed by atoms with Crippen molar-refractivity contribution in [1.29, 1.82) is 0 Å². The summed E-state index contributed by atoms with van der Waals surface area (Å²) in [6.45, 7) is 2.34. The number of carbonyl (C=O) groups is 1. The van der Waals surface area contributed by atoms with E-state index in [1.165, 1.54) is 0 Å². The van der Waals surface area contributed by atoms with E-state index in [0.29, 0.717) is 19.4 Å². The third-order valence-corrected chi connectivity index (χ3v) is 3.01. The lowest BCUT2D eigenvalue weighted by Crippen LogP contribution is -2.47. The molecule has 4 heteroatoms. The molecule has 1 aromatic carbocycles. The topological polar surface area (TPSA) is 49.8 Å². The van der Waals surface area contributed by atoms with Gasteiger partial charge < -0.3 is 14.7 Å². The van der Waals surface area contributed by atoms with E-state index in [1.807, 2.05) is 44.4 Å². The van der Waals surface area contributed by atoms with Gasteiger partial charge >= 0.3 is 5.97 Å². The quantitative estimate of drug-likeness (QED) is 0.759. The minimum Gasteiger partial charge on any atom is -0.463 e. The summed E-state index contributed by atoms with van der Waals surface area (Å²) in [4.78, 5) is 13.7. The number of carbonyl (C=O) groups excluding carboxylic acids is 1. The molecule has 19 heavy (non-hydrogen) atoms. The molecule has 1 aromatic rings. The second kappa shape index (κ2) is 7.26. The van der Waals surface area contributed by atoms with Crippen molar-refractivity contribution in [2.45, 2.75) is 25.4 Å². The van der Waals surface area contributed by atoms with Gasteiger partial charge in [-0.2, -0.15) is 0 Å². The Bertz CT molecular complexity index is 392. The van der Waals surface area contributed by atoms with Gasteiger partial charge in [0.1, 0.15) is 0 Å². The molecule has 0 saturated carbocycles. The number of hydrogen-bond donors (Lipinski definition) is 1. The van der Waals surface area contributed by atoms with Crippen molar-refractivity contribution in [2.75, 3.05) is 27.2 Å². The van der Waals surface area contributed by atoms with E-state index in [1.54, 1.807) is 11.8 Å². The zero-order valence-electron chi connectivity index (χ0n) is 11.9. The van der Waals surface area contributed by atoms with Crippen LogP contribution in [0.15, 0.2) is 30.3 Å². The Labute approximate surface area is 115 Å². The Morgan fingerprint density at radius 2 is 1.95 bits per heavy atom. The molecular formula is C15H23NO3. The number of benzene rings is 1. The van der Waals surface area contributed by atoms with E-state index in [0.717, 1.165) is 5.56 Å². The fraction of sp³-hybridized carbons (Fsp3) is 0.533. The minimum absolute atomic E-state index is 0.271. The first-order chi connectivity index (χ1) is 8.98. The largest absolute Gasteiger partial charge is 0.463 e. The van der Waals surface area contributed by atoms with Crippen molar-refractivity contribution in [2.24, 2.45) is 0 Å². The number of ether oxygens (including phenoxy) is 1. The SMILES string of the molecule is CCC(O)(CN(C)C)C(=O)OCCc1ccccc1. The summed E-state index contributed by atoms with van der Waals surface area (Å²) in [5.41, 5.74) is -0.303. The zero-order valence-corrected chi connectivity index (χ0v) is 11.9. The fourth-order valence-electron chi connectivity index (χ4n) is 1.88. The molecule has 1 N–H and O–H groups in total. The van der Waals surface area contributed by atoms with Gasteiger partial charge in [-0.3, -0.25) is 0 Å². The number of aliphatic hydroxyl groups is 1. The molecule has 1 rings (SSSR count). The first-order valence-corrected chi connectivity index (χ1v) is 6.56. The summed E-state index contributed by atoms with van der Waals surface area (Å²) in [5.74, 6) is -0.542. The molecule has 0 heterocycles. The lowest BCUT2D eigenvalue weighted by atomic mass is 10.0. The molecule has 0 aromatic heterocycles. The van der Waals surface area contributed by atoms with Gasteiger partial charge in [0.25, 0.3) is 0 Å². The molecule has 0 aliphatic carbocycles. The Hall–Kier alpha value is -1.39. The monoisotopic (exact) mass is 265 g/mol. The van der Waals surface area contributed by atoms with Crippen molar-refractivity contribution in [3.05, 3.63) is 35.9 Å². The number of esters is 1. The minimum atomic E-state index is -1.42. The van der Waals surface area contributed by atoms with E-state index in [4.69, 9.17) is 4.74 Å². The molecule has 0 radical (unpaired) electrons. The van der Waals surface area contributed by atoms with Crippen LogP contribution in [0.1, 0.15) is 18.9 Å². The first-order valence-electron chi connectivity index (χ1n) is 6.56. The summed E-state index contributed by atoms with van der Waals surface area (Å²) in [6.07, 6.45) is 1.00. The van der Waals surface area contributed by atoms with Crippen LogP contribution in [0.4, 0.5) is 0 Å². The van der Waals surface area contributed by atoms with E-state index >= 15 is 0 Å². The van der Waals surface area contributed by atoms with Gasteiger partial charge in [-0.1, -0.05) is 37.3 Å². The van der Waals surface area contributed by atoms with Crippen molar-refractivity contribution in [1.82, 2.24) is 4.90 Å². The fourth-order valence-corrected chi connectivity index (χ4v) is 1.88. The lowest BCUT2D eigenvalue weighted by Gasteiger charge is -2.27. The number of likely N-dealkylation sites (N-methyl/N-ethyl adjacent to an activating group) is 1. The molecule has 0 bridgehead atoms. The van der Waals surface area contributed by atoms with Crippen molar-refractivity contribution < 1.29 is 14.6 Å². The molecular weight excluding hydrogens is 242 g/mol. The molecule has 0 aliphatic rings. The number of rotatable bonds is 7. The molecule has 1 atom stereocenters. The highest BCUT2D eigenvalue weighted by atomic mass is 16.5. The molecule has 0 amide bonds. The summed E-state index contributed by atoms with van der Waals surface area (Å²) in [5, 5.41) is 10.2. The molecule has 1 unspecified atom stereocenters. The summed E-state index contributed by atoms with van der Waals surface area (Å²) in [6, 6.07) is 9.82. The van der Waals surface area contributed by atoms with Gasteiger partial charge in [-0.15, -0.1) is 0 Å². The molecule has 0 aliphatic heterocycles. The standard InChI is InChI=1S/C15H23NO3/c1-4-15(18,12-16(2)3)14(17)19-11-10-13-8-6-5-7-9-13/h5-9,18H,4,10-12H2,1-3H3. The Balaban J connectivity index is 2.45. The molecule has 0 fully saturated rings. The smallest absolute Gasteiger partial charge is 0.339 e. The maximum Gasteiger partial charge on any atom is 0.339 e. The highest BCUT2D eigenvalue weighted by molar-refractivity contribution is 5.79. The first kappa shape index (κ1) is 15.7. The number of nitrogens with zero attached hydrogens (tertiary/aromatic N) is 1. The Morgan fingerprint density at radius 3 is 2.47 bits per heavy atom. The van der Waals surface area contributed by atoms with Gasteiger partial charge in [-0.25, -0.2) is 4.79 Å². The predicted octanol–water partition coefficient (Wildman–Crippen LogP) is 1.47. The van der Waals surface area contributed by atoms with Crippen LogP contribution >= 0.6 is 0 Å². The molecule has 106 valence electrons. The molecule has 0 saturated heterocycles. The van der Waals surface area contributed by atoms with E-state index in [2.05, 4.69) is 0 Å². The van der Waals surface area contributed by atoms with Crippen molar-refractivity contribution in [3.8, 4) is 0 Å². The number of hydrogen-bond acceptors (Lipinski definition) is 4. The summed E-state index contributed by atoms with van der Waals surface area (Å²) in [7, 11) is 3.63. The highest BCUT2D eigenvalue weighted by Crippen LogP contribution is 2.13. The van der Waals surface area contributed by atoms with Crippen LogP contribution in [0.5, 0.6) is 0 Å². The molecule has 4 nitrogen and oxygen atoms in total. The summed E-state index contributed by atoms with van der Waals surface area (Å²) < 4.78 is 5.19. The Morgan fingerprint density at radius 1 is 1.32 bits per heavy atom. The van der Waals surface area contributed by atoms with Crippen LogP contribution in [-0.2, 0) is 16.0 Å². The maximum atomic E-state index is 11.9. The average molecular weight is 265 g/mol. The van der Waals surface area contributed by atoms with Gasteiger partial charge in [-0.05, 0) is 26.1 Å². The van der Waals surface area contributed by atoms with Crippen LogP contribution in [0.2, 0.25) is 0 Å². The van der Waals surface area contributed by atoms with Gasteiger partial charge in [0.05, 0.1) is 6.61 Å². The van der Waals surface area contributed by atoms with E-state index in [-0.39, 0.29) is 6.54 Å². The Kier molecular flexibility index (Phi) is 5.99. The van der Waals surface area contributed by atoms with Crippen LogP contribution in [0.3, 0.4) is 0 Å². The van der Waals surface area contributed by atoms with E-state index in [9.17, 15) is 9.90 Å². The lowest BCUT2D eigenvalue weighted by molar-refractivity contribution is -0.167. The normalized spacial score (nSPS) is 14.2. The van der Waals surface area contributed by atoms with E-state index < -0.39 is 11.6 Å². The maximum absolute atomic E-state index is 11.9. The average Bonchev–Trinajstić information content (AvgIpc) is 2.39. The zero-order chi connectivity index (χ0) is 14.3. The second-order valence-electron chi connectivity index (χ2n) is 4.99. The van der Waals surface area contributed by atoms with Crippen LogP contribution < -0.4 is 0 Å². The molecule has 0 spiro atoms. The summed E-state index contributed by atoms with van der Waals surface area (Å²) >= 11 is 0. The van der Waals surface area contributed by atoms with Gasteiger partial charge in [0.15, 0.2) is 5.60 Å². The van der Waals surface area contributed by atoms with Crippen molar-refractivity contribution in [3.63, 3.8) is 0 Å². The third-order valence-electron chi connectivity index (χ3n) is 3.01. The van der Waals surface area contributed by atoms with Crippen molar-refractivity contribution >= 4 is 5.97 Å². The van der Waals surface area contributed by atoms with Crippen LogP contribution in [0.25, 0.3) is 0 Å². The van der Waals surface area contributed by atoms with Crippen LogP contribution in [-0.4, -0.2) is 48.8 Å². The van der Waals surface area contributed by atoms with Gasteiger partial charge in [0, 0.05) is 13.0 Å².